The van der Waals surface area contributed by atoms with Gasteiger partial charge < -0.3 is 14.2 Å². The van der Waals surface area contributed by atoms with Crippen molar-refractivity contribution in [2.45, 2.75) is 58.2 Å². The van der Waals surface area contributed by atoms with Crippen molar-refractivity contribution in [1.29, 1.82) is 0 Å². The van der Waals surface area contributed by atoms with Gasteiger partial charge in [-0.25, -0.2) is 4.79 Å². The smallest absolute Gasteiger partial charge is 0.345 e. The molecule has 1 aliphatic carbocycles. The van der Waals surface area contributed by atoms with Crippen molar-refractivity contribution in [2.75, 3.05) is 13.7 Å². The van der Waals surface area contributed by atoms with Crippen LogP contribution in [-0.2, 0) is 29.4 Å². The lowest BCUT2D eigenvalue weighted by molar-refractivity contribution is -0.184. The molecule has 0 N–H and O–H groups in total. The van der Waals surface area contributed by atoms with E-state index in [-0.39, 0.29) is 12.7 Å². The molecular weight excluding hydrogens is 320 g/mol. The van der Waals surface area contributed by atoms with E-state index in [4.69, 9.17) is 14.2 Å². The maximum absolute atomic E-state index is 12.4. The molecule has 0 spiro atoms. The average molecular weight is 348 g/mol. The molecule has 0 saturated heterocycles. The summed E-state index contributed by atoms with van der Waals surface area (Å²) in [6, 6.07) is 9.64. The first-order chi connectivity index (χ1) is 11.9. The van der Waals surface area contributed by atoms with Crippen molar-refractivity contribution >= 4 is 11.9 Å². The number of esters is 2. The number of carbonyl (C=O) groups excluding carboxylic acids is 2. The minimum atomic E-state index is -0.820. The van der Waals surface area contributed by atoms with E-state index in [0.717, 1.165) is 18.4 Å². The summed E-state index contributed by atoms with van der Waals surface area (Å²) in [5, 5.41) is 0. The number of benzene rings is 1. The third-order valence-corrected chi connectivity index (χ3v) is 5.14. The van der Waals surface area contributed by atoms with Crippen molar-refractivity contribution in [3.05, 3.63) is 35.9 Å². The maximum Gasteiger partial charge on any atom is 0.345 e. The molecule has 25 heavy (non-hydrogen) atoms. The summed E-state index contributed by atoms with van der Waals surface area (Å²) in [4.78, 5) is 24.5. The van der Waals surface area contributed by atoms with Crippen LogP contribution in [0.3, 0.4) is 0 Å². The zero-order valence-corrected chi connectivity index (χ0v) is 15.5. The molecule has 1 aromatic carbocycles. The highest BCUT2D eigenvalue weighted by molar-refractivity contribution is 5.80. The molecule has 1 saturated carbocycles. The van der Waals surface area contributed by atoms with Gasteiger partial charge in [0.15, 0.2) is 12.2 Å². The largest absolute Gasteiger partial charge is 0.453 e. The summed E-state index contributed by atoms with van der Waals surface area (Å²) < 4.78 is 16.6. The molecule has 2 unspecified atom stereocenters. The second-order valence-electron chi connectivity index (χ2n) is 7.16. The molecule has 0 aliphatic heterocycles. The fraction of sp³-hybridized carbons (Fsp3) is 0.600. The molecule has 0 bridgehead atoms. The van der Waals surface area contributed by atoms with Gasteiger partial charge in [-0.05, 0) is 45.1 Å². The first-order valence-corrected chi connectivity index (χ1v) is 8.83. The summed E-state index contributed by atoms with van der Waals surface area (Å²) in [5.74, 6) is -0.941. The van der Waals surface area contributed by atoms with Gasteiger partial charge >= 0.3 is 11.9 Å². The number of methoxy groups -OCH3 is 1. The van der Waals surface area contributed by atoms with Gasteiger partial charge in [-0.3, -0.25) is 4.79 Å². The zero-order valence-electron chi connectivity index (χ0n) is 15.5. The normalized spacial score (nSPS) is 23.3. The van der Waals surface area contributed by atoms with Gasteiger partial charge in [0.2, 0.25) is 0 Å². The van der Waals surface area contributed by atoms with Crippen LogP contribution in [0.4, 0.5) is 0 Å². The van der Waals surface area contributed by atoms with Gasteiger partial charge in [-0.2, -0.15) is 0 Å². The van der Waals surface area contributed by atoms with Gasteiger partial charge in [0.25, 0.3) is 0 Å². The van der Waals surface area contributed by atoms with Gasteiger partial charge in [0, 0.05) is 7.11 Å². The van der Waals surface area contributed by atoms with Gasteiger partial charge in [0.05, 0.1) is 5.41 Å². The summed E-state index contributed by atoms with van der Waals surface area (Å²) in [5.41, 5.74) is -0.521. The van der Waals surface area contributed by atoms with Crippen LogP contribution >= 0.6 is 0 Å². The molecule has 1 fully saturated rings. The molecule has 2 atom stereocenters. The summed E-state index contributed by atoms with van der Waals surface area (Å²) in [6.45, 7) is 5.12. The predicted octanol–water partition coefficient (Wildman–Crippen LogP) is 3.60. The van der Waals surface area contributed by atoms with Gasteiger partial charge in [-0.15, -0.1) is 0 Å². The average Bonchev–Trinajstić information content (AvgIpc) is 3.04. The van der Waals surface area contributed by atoms with E-state index in [1.165, 1.54) is 0 Å². The summed E-state index contributed by atoms with van der Waals surface area (Å²) in [7, 11) is 1.63. The molecule has 5 heteroatoms. The van der Waals surface area contributed by atoms with Crippen LogP contribution in [0, 0.1) is 5.41 Å². The van der Waals surface area contributed by atoms with Crippen LogP contribution in [0.2, 0.25) is 0 Å². The predicted molar refractivity (Wildman–Crippen MR) is 93.9 cm³/mol. The van der Waals surface area contributed by atoms with Crippen LogP contribution in [0.5, 0.6) is 0 Å². The third kappa shape index (κ3) is 4.21. The highest BCUT2D eigenvalue weighted by atomic mass is 16.6. The van der Waals surface area contributed by atoms with E-state index < -0.39 is 23.0 Å². The monoisotopic (exact) mass is 348 g/mol. The zero-order chi connectivity index (χ0) is 18.5. The van der Waals surface area contributed by atoms with E-state index in [1.807, 2.05) is 37.3 Å². The first-order valence-electron chi connectivity index (χ1n) is 8.83. The Bertz CT molecular complexity index is 595. The Morgan fingerprint density at radius 2 is 1.92 bits per heavy atom. The van der Waals surface area contributed by atoms with E-state index in [0.29, 0.717) is 12.8 Å². The molecular formula is C20H28O5. The Kier molecular flexibility index (Phi) is 6.22. The number of ether oxygens (including phenoxy) is 3. The summed E-state index contributed by atoms with van der Waals surface area (Å²) in [6.07, 6.45) is 2.85. The molecule has 0 aromatic heterocycles. The van der Waals surface area contributed by atoms with E-state index in [1.54, 1.807) is 21.0 Å². The van der Waals surface area contributed by atoms with Crippen molar-refractivity contribution < 1.29 is 23.8 Å². The number of hydrogen-bond acceptors (Lipinski definition) is 5. The van der Waals surface area contributed by atoms with Crippen LogP contribution < -0.4 is 0 Å². The van der Waals surface area contributed by atoms with Crippen LogP contribution in [0.25, 0.3) is 0 Å². The SMILES string of the molecule is CCC(C)(C)C(=O)OCC(=O)OC1(c2ccccc2)CCCC1OC. The lowest BCUT2D eigenvalue weighted by Crippen LogP contribution is -2.42. The van der Waals surface area contributed by atoms with Crippen molar-refractivity contribution in [3.63, 3.8) is 0 Å². The fourth-order valence-corrected chi connectivity index (χ4v) is 3.18. The van der Waals surface area contributed by atoms with Crippen molar-refractivity contribution in [3.8, 4) is 0 Å². The minimum Gasteiger partial charge on any atom is -0.453 e. The summed E-state index contributed by atoms with van der Waals surface area (Å²) >= 11 is 0. The molecule has 0 amide bonds. The molecule has 138 valence electrons. The lowest BCUT2D eigenvalue weighted by Gasteiger charge is -2.35. The van der Waals surface area contributed by atoms with E-state index in [9.17, 15) is 9.59 Å². The van der Waals surface area contributed by atoms with Crippen molar-refractivity contribution in [2.24, 2.45) is 5.41 Å². The van der Waals surface area contributed by atoms with Gasteiger partial charge in [-0.1, -0.05) is 37.3 Å². The fourth-order valence-electron chi connectivity index (χ4n) is 3.18. The topological polar surface area (TPSA) is 61.8 Å². The van der Waals surface area contributed by atoms with Crippen LogP contribution in [0.1, 0.15) is 52.0 Å². The van der Waals surface area contributed by atoms with Crippen LogP contribution in [0.15, 0.2) is 30.3 Å². The number of hydrogen-bond donors (Lipinski definition) is 0. The second kappa shape index (κ2) is 8.00. The third-order valence-electron chi connectivity index (χ3n) is 5.14. The Morgan fingerprint density at radius 1 is 1.24 bits per heavy atom. The first kappa shape index (κ1) is 19.4. The molecule has 1 aliphatic rings. The Hall–Kier alpha value is -1.88. The minimum absolute atomic E-state index is 0.207. The molecule has 0 radical (unpaired) electrons. The number of carbonyl (C=O) groups is 2. The lowest BCUT2D eigenvalue weighted by atomic mass is 9.89. The maximum atomic E-state index is 12.4. The molecule has 1 aromatic rings. The quantitative estimate of drug-likeness (QED) is 0.705. The Labute approximate surface area is 149 Å². The molecule has 2 rings (SSSR count). The second-order valence-corrected chi connectivity index (χ2v) is 7.16. The van der Waals surface area contributed by atoms with Crippen LogP contribution in [-0.4, -0.2) is 31.8 Å². The van der Waals surface area contributed by atoms with Gasteiger partial charge in [0.1, 0.15) is 6.10 Å². The van der Waals surface area contributed by atoms with Crippen molar-refractivity contribution in [1.82, 2.24) is 0 Å². The van der Waals surface area contributed by atoms with E-state index in [2.05, 4.69) is 0 Å². The Morgan fingerprint density at radius 3 is 2.52 bits per heavy atom. The highest BCUT2D eigenvalue weighted by Gasteiger charge is 2.48. The molecule has 5 nitrogen and oxygen atoms in total. The Balaban J connectivity index is 2.10. The standard InChI is InChI=1S/C20H28O5/c1-5-19(2,3)18(22)24-14-17(21)25-20(13-9-12-16(20)23-4)15-10-7-6-8-11-15/h6-8,10-11,16H,5,9,12-14H2,1-4H3. The molecule has 0 heterocycles. The highest BCUT2D eigenvalue weighted by Crippen LogP contribution is 2.44. The van der Waals surface area contributed by atoms with E-state index >= 15 is 0 Å². The number of rotatable bonds is 7.